The van der Waals surface area contributed by atoms with E-state index in [1.165, 1.54) is 24.5 Å². The van der Waals surface area contributed by atoms with Gasteiger partial charge in [-0.3, -0.25) is 0 Å². The molecule has 0 bridgehead atoms. The average molecular weight is 390 g/mol. The first-order valence-corrected chi connectivity index (χ1v) is 8.92. The number of phenolic OH excluding ortho intramolecular Hbond substituents is 1. The Labute approximate surface area is 159 Å². The number of halogens is 2. The number of nitrogens with one attached hydrogen (secondary N) is 1. The van der Waals surface area contributed by atoms with Gasteiger partial charge in [0.15, 0.2) is 11.5 Å². The molecule has 0 aliphatic carbocycles. The molecule has 1 aliphatic heterocycles. The zero-order valence-corrected chi connectivity index (χ0v) is 15.0. The molecule has 2 N–H and O–H groups in total. The molecular weight excluding hydrogens is 373 g/mol. The lowest BCUT2D eigenvalue weighted by Crippen LogP contribution is -2.16. The number of anilines is 2. The number of rotatable bonds is 5. The van der Waals surface area contributed by atoms with Crippen molar-refractivity contribution < 1.29 is 19.0 Å². The molecule has 140 valence electrons. The van der Waals surface area contributed by atoms with E-state index in [-0.39, 0.29) is 16.9 Å². The van der Waals surface area contributed by atoms with E-state index in [1.54, 1.807) is 12.1 Å². The monoisotopic (exact) mass is 389 g/mol. The molecule has 2 heterocycles. The molecule has 1 atom stereocenters. The van der Waals surface area contributed by atoms with E-state index in [0.29, 0.717) is 34.8 Å². The van der Waals surface area contributed by atoms with Crippen molar-refractivity contribution in [1.29, 1.82) is 0 Å². The lowest BCUT2D eigenvalue weighted by molar-refractivity contribution is 0.0671. The summed E-state index contributed by atoms with van der Waals surface area (Å²) < 4.78 is 24.6. The smallest absolute Gasteiger partial charge is 0.163 e. The van der Waals surface area contributed by atoms with Gasteiger partial charge < -0.3 is 19.9 Å². The van der Waals surface area contributed by atoms with E-state index in [1.807, 2.05) is 0 Å². The van der Waals surface area contributed by atoms with Gasteiger partial charge in [0.1, 0.15) is 24.6 Å². The number of phenols is 1. The second-order valence-electron chi connectivity index (χ2n) is 6.26. The number of hydrogen-bond acceptors (Lipinski definition) is 6. The summed E-state index contributed by atoms with van der Waals surface area (Å²) in [5, 5.41) is 14.0. The molecule has 0 spiro atoms. The quantitative estimate of drug-likeness (QED) is 0.672. The fourth-order valence-corrected chi connectivity index (χ4v) is 3.14. The third-order valence-corrected chi connectivity index (χ3v) is 4.64. The topological polar surface area (TPSA) is 76.5 Å². The molecular formula is C19H17ClFN3O3. The average Bonchev–Trinajstić information content (AvgIpc) is 3.17. The van der Waals surface area contributed by atoms with Gasteiger partial charge in [-0.1, -0.05) is 11.6 Å². The van der Waals surface area contributed by atoms with Crippen molar-refractivity contribution in [3.63, 3.8) is 0 Å². The van der Waals surface area contributed by atoms with E-state index in [4.69, 9.17) is 21.1 Å². The molecule has 0 radical (unpaired) electrons. The third kappa shape index (κ3) is 3.89. The predicted molar refractivity (Wildman–Crippen MR) is 100 cm³/mol. The Morgan fingerprint density at radius 2 is 2.19 bits per heavy atom. The van der Waals surface area contributed by atoms with Crippen LogP contribution in [-0.4, -0.2) is 34.4 Å². The van der Waals surface area contributed by atoms with Gasteiger partial charge in [-0.15, -0.1) is 0 Å². The van der Waals surface area contributed by atoms with E-state index in [9.17, 15) is 9.50 Å². The van der Waals surface area contributed by atoms with E-state index in [0.717, 1.165) is 19.4 Å². The molecule has 1 saturated heterocycles. The lowest BCUT2D eigenvalue weighted by Gasteiger charge is -2.14. The molecule has 1 aliphatic rings. The van der Waals surface area contributed by atoms with E-state index >= 15 is 0 Å². The highest BCUT2D eigenvalue weighted by Gasteiger charge is 2.18. The first-order chi connectivity index (χ1) is 13.1. The number of fused-ring (bicyclic) bond motifs is 1. The van der Waals surface area contributed by atoms with Crippen LogP contribution in [0, 0.1) is 5.82 Å². The van der Waals surface area contributed by atoms with Crippen molar-refractivity contribution >= 4 is 34.0 Å². The minimum Gasteiger partial charge on any atom is -0.504 e. The molecule has 3 aromatic rings. The van der Waals surface area contributed by atoms with Gasteiger partial charge in [0.25, 0.3) is 0 Å². The third-order valence-electron chi connectivity index (χ3n) is 4.35. The second kappa shape index (κ2) is 7.54. The fraction of sp³-hybridized carbons (Fsp3) is 0.263. The SMILES string of the molecule is Oc1cc2c(Nc3ccc(F)c(Cl)c3)ncnc2cc1OC[C@H]1CCCO1. The van der Waals surface area contributed by atoms with Gasteiger partial charge in [0, 0.05) is 23.7 Å². The molecule has 0 amide bonds. The predicted octanol–water partition coefficient (Wildman–Crippen LogP) is 4.43. The van der Waals surface area contributed by atoms with E-state index < -0.39 is 5.82 Å². The van der Waals surface area contributed by atoms with Gasteiger partial charge in [0.05, 0.1) is 16.6 Å². The summed E-state index contributed by atoms with van der Waals surface area (Å²) in [6.45, 7) is 1.12. The number of aromatic nitrogens is 2. The minimum atomic E-state index is -0.500. The number of benzene rings is 2. The Morgan fingerprint density at radius 1 is 1.30 bits per heavy atom. The first kappa shape index (κ1) is 17.8. The zero-order valence-electron chi connectivity index (χ0n) is 14.3. The van der Waals surface area contributed by atoms with Crippen LogP contribution >= 0.6 is 11.6 Å². The molecule has 0 unspecified atom stereocenters. The maximum Gasteiger partial charge on any atom is 0.163 e. The number of nitrogens with zero attached hydrogens (tertiary/aromatic N) is 2. The van der Waals surface area contributed by atoms with E-state index in [2.05, 4.69) is 15.3 Å². The van der Waals surface area contributed by atoms with Crippen molar-refractivity contribution in [1.82, 2.24) is 9.97 Å². The van der Waals surface area contributed by atoms with Crippen LogP contribution in [0.2, 0.25) is 5.02 Å². The summed E-state index contributed by atoms with van der Waals surface area (Å²) in [6.07, 6.45) is 3.42. The highest BCUT2D eigenvalue weighted by molar-refractivity contribution is 6.31. The highest BCUT2D eigenvalue weighted by atomic mass is 35.5. The largest absolute Gasteiger partial charge is 0.504 e. The zero-order chi connectivity index (χ0) is 18.8. The standard InChI is InChI=1S/C19H17ClFN3O3/c20-14-6-11(3-4-15(14)21)24-19-13-7-17(25)18(8-16(13)22-10-23-19)27-9-12-2-1-5-26-12/h3-4,6-8,10,12,25H,1-2,5,9H2,(H,22,23,24)/t12-/m1/s1. The first-order valence-electron chi connectivity index (χ1n) is 8.54. The second-order valence-corrected chi connectivity index (χ2v) is 6.67. The highest BCUT2D eigenvalue weighted by Crippen LogP contribution is 2.34. The maximum atomic E-state index is 13.3. The molecule has 1 aromatic heterocycles. The van der Waals surface area contributed by atoms with Crippen LogP contribution in [0.25, 0.3) is 10.9 Å². The van der Waals surface area contributed by atoms with Crippen LogP contribution < -0.4 is 10.1 Å². The molecule has 27 heavy (non-hydrogen) atoms. The van der Waals surface area contributed by atoms with Gasteiger partial charge in [0.2, 0.25) is 0 Å². The summed E-state index contributed by atoms with van der Waals surface area (Å²) in [5.74, 6) is 0.284. The van der Waals surface area contributed by atoms with Crippen LogP contribution in [0.15, 0.2) is 36.7 Å². The van der Waals surface area contributed by atoms with Crippen molar-refractivity contribution in [3.8, 4) is 11.5 Å². The summed E-state index contributed by atoms with van der Waals surface area (Å²) >= 11 is 5.82. The van der Waals surface area contributed by atoms with Crippen molar-refractivity contribution in [2.75, 3.05) is 18.5 Å². The maximum absolute atomic E-state index is 13.3. The van der Waals surface area contributed by atoms with Gasteiger partial charge in [-0.25, -0.2) is 14.4 Å². The molecule has 6 nitrogen and oxygen atoms in total. The molecule has 1 fully saturated rings. The van der Waals surface area contributed by atoms with Crippen molar-refractivity contribution in [2.45, 2.75) is 18.9 Å². The Hall–Kier alpha value is -2.64. The number of hydrogen-bond donors (Lipinski definition) is 2. The fourth-order valence-electron chi connectivity index (χ4n) is 2.96. The van der Waals surface area contributed by atoms with Gasteiger partial charge in [-0.2, -0.15) is 0 Å². The number of aromatic hydroxyl groups is 1. The Balaban J connectivity index is 1.60. The Kier molecular flexibility index (Phi) is 4.96. The summed E-state index contributed by atoms with van der Waals surface area (Å²) in [5.41, 5.74) is 1.17. The Morgan fingerprint density at radius 3 is 2.96 bits per heavy atom. The normalized spacial score (nSPS) is 16.6. The lowest BCUT2D eigenvalue weighted by atomic mass is 10.2. The Bertz CT molecular complexity index is 980. The van der Waals surface area contributed by atoms with Crippen LogP contribution in [0.4, 0.5) is 15.9 Å². The van der Waals surface area contributed by atoms with Gasteiger partial charge in [-0.05, 0) is 37.1 Å². The summed E-state index contributed by atoms with van der Waals surface area (Å²) in [4.78, 5) is 8.44. The van der Waals surface area contributed by atoms with Crippen LogP contribution in [0.5, 0.6) is 11.5 Å². The minimum absolute atomic E-state index is 0.00558. The molecule has 4 rings (SSSR count). The van der Waals surface area contributed by atoms with Crippen molar-refractivity contribution in [2.24, 2.45) is 0 Å². The summed E-state index contributed by atoms with van der Waals surface area (Å²) in [7, 11) is 0. The van der Waals surface area contributed by atoms with Crippen molar-refractivity contribution in [3.05, 3.63) is 47.5 Å². The van der Waals surface area contributed by atoms with Gasteiger partial charge >= 0.3 is 0 Å². The van der Waals surface area contributed by atoms with Crippen LogP contribution in [0.1, 0.15) is 12.8 Å². The molecule has 0 saturated carbocycles. The molecule has 2 aromatic carbocycles. The van der Waals surface area contributed by atoms with Crippen LogP contribution in [0.3, 0.4) is 0 Å². The number of ether oxygens (including phenoxy) is 2. The summed E-state index contributed by atoms with van der Waals surface area (Å²) in [6, 6.07) is 7.47. The molecule has 8 heteroatoms. The van der Waals surface area contributed by atoms with Crippen LogP contribution in [-0.2, 0) is 4.74 Å².